The van der Waals surface area contributed by atoms with Crippen LogP contribution in [0.4, 0.5) is 0 Å². The van der Waals surface area contributed by atoms with E-state index in [-0.39, 0.29) is 16.7 Å². The molecule has 1 amide bonds. The minimum atomic E-state index is -0.0191. The van der Waals surface area contributed by atoms with Crippen molar-refractivity contribution in [2.45, 2.75) is 46.1 Å². The van der Waals surface area contributed by atoms with Gasteiger partial charge in [-0.3, -0.25) is 4.79 Å². The molecule has 1 aromatic carbocycles. The Morgan fingerprint density at radius 3 is 2.85 bits per heavy atom. The first-order valence-corrected chi connectivity index (χ1v) is 9.21. The van der Waals surface area contributed by atoms with E-state index in [2.05, 4.69) is 25.9 Å². The van der Waals surface area contributed by atoms with Gasteiger partial charge in [-0.2, -0.15) is 0 Å². The van der Waals surface area contributed by atoms with Gasteiger partial charge in [-0.05, 0) is 42.2 Å². The number of ether oxygens (including phenoxy) is 1. The third kappa shape index (κ3) is 3.00. The van der Waals surface area contributed by atoms with Crippen LogP contribution < -0.4 is 4.74 Å². The molecular weight excluding hydrogens is 328 g/mol. The molecule has 0 radical (unpaired) electrons. The van der Waals surface area contributed by atoms with E-state index in [1.54, 1.807) is 13.2 Å². The van der Waals surface area contributed by atoms with Gasteiger partial charge in [0.15, 0.2) is 11.5 Å². The van der Waals surface area contributed by atoms with E-state index in [1.165, 1.54) is 0 Å². The lowest BCUT2D eigenvalue weighted by atomic mass is 9.65. The van der Waals surface area contributed by atoms with Gasteiger partial charge in [-0.15, -0.1) is 0 Å². The molecule has 5 heteroatoms. The molecule has 4 rings (SSSR count). The standard InChI is InChI=1S/C21H26N2O3/c1-20(2)10-15-11-21(3,12-20)13-23(15)19(24)17-9-18(26-22-17)14-6-5-7-16(8-14)25-4/h5-9,15H,10-13H2,1-4H3/t15-,21-/m1/s1. The number of fused-ring (bicyclic) bond motifs is 2. The number of nitrogens with zero attached hydrogens (tertiary/aromatic N) is 2. The molecule has 1 saturated carbocycles. The van der Waals surface area contributed by atoms with E-state index >= 15 is 0 Å². The lowest BCUT2D eigenvalue weighted by Crippen LogP contribution is -2.37. The highest BCUT2D eigenvalue weighted by molar-refractivity contribution is 5.93. The quantitative estimate of drug-likeness (QED) is 0.820. The van der Waals surface area contributed by atoms with Gasteiger partial charge in [-0.1, -0.05) is 38.1 Å². The first-order valence-electron chi connectivity index (χ1n) is 9.21. The van der Waals surface area contributed by atoms with Crippen molar-refractivity contribution in [2.24, 2.45) is 10.8 Å². The van der Waals surface area contributed by atoms with Gasteiger partial charge in [0.05, 0.1) is 7.11 Å². The molecule has 0 N–H and O–H groups in total. The summed E-state index contributed by atoms with van der Waals surface area (Å²) in [6, 6.07) is 9.61. The summed E-state index contributed by atoms with van der Waals surface area (Å²) in [5, 5.41) is 4.06. The Kier molecular flexibility index (Phi) is 3.86. The molecule has 1 aliphatic heterocycles. The Labute approximate surface area is 154 Å². The normalized spacial score (nSPS) is 26.8. The molecule has 2 fully saturated rings. The average Bonchev–Trinajstić information content (AvgIpc) is 3.16. The highest BCUT2D eigenvalue weighted by Crippen LogP contribution is 2.52. The van der Waals surface area contributed by atoms with Crippen molar-refractivity contribution in [1.82, 2.24) is 10.1 Å². The van der Waals surface area contributed by atoms with Crippen LogP contribution in [0.15, 0.2) is 34.9 Å². The monoisotopic (exact) mass is 354 g/mol. The predicted octanol–water partition coefficient (Wildman–Crippen LogP) is 4.39. The maximum absolute atomic E-state index is 13.1. The Morgan fingerprint density at radius 2 is 2.08 bits per heavy atom. The third-order valence-corrected chi connectivity index (χ3v) is 5.76. The molecule has 0 unspecified atom stereocenters. The van der Waals surface area contributed by atoms with E-state index in [4.69, 9.17) is 9.26 Å². The zero-order valence-electron chi connectivity index (χ0n) is 15.9. The lowest BCUT2D eigenvalue weighted by molar-refractivity contribution is 0.0698. The molecule has 26 heavy (non-hydrogen) atoms. The number of benzene rings is 1. The first kappa shape index (κ1) is 17.1. The fourth-order valence-corrected chi connectivity index (χ4v) is 5.13. The number of hydrogen-bond acceptors (Lipinski definition) is 4. The van der Waals surface area contributed by atoms with E-state index in [0.29, 0.717) is 17.5 Å². The van der Waals surface area contributed by atoms with Crippen LogP contribution in [-0.2, 0) is 0 Å². The smallest absolute Gasteiger partial charge is 0.276 e. The number of carbonyl (C=O) groups is 1. The van der Waals surface area contributed by atoms with Gasteiger partial charge >= 0.3 is 0 Å². The summed E-state index contributed by atoms with van der Waals surface area (Å²) in [4.78, 5) is 15.1. The predicted molar refractivity (Wildman–Crippen MR) is 99.1 cm³/mol. The molecule has 138 valence electrons. The van der Waals surface area contributed by atoms with Crippen LogP contribution in [0.1, 0.15) is 50.5 Å². The van der Waals surface area contributed by atoms with E-state index < -0.39 is 0 Å². The van der Waals surface area contributed by atoms with Crippen LogP contribution in [0.2, 0.25) is 0 Å². The molecular formula is C21H26N2O3. The van der Waals surface area contributed by atoms with E-state index in [9.17, 15) is 4.79 Å². The van der Waals surface area contributed by atoms with Gasteiger partial charge in [0.1, 0.15) is 5.75 Å². The van der Waals surface area contributed by atoms with E-state index in [1.807, 2.05) is 29.2 Å². The zero-order valence-corrected chi connectivity index (χ0v) is 15.9. The molecule has 5 nitrogen and oxygen atoms in total. The Hall–Kier alpha value is -2.30. The zero-order chi connectivity index (χ0) is 18.5. The first-order chi connectivity index (χ1) is 12.3. The maximum Gasteiger partial charge on any atom is 0.276 e. The van der Waals surface area contributed by atoms with Gasteiger partial charge in [0, 0.05) is 24.2 Å². The van der Waals surface area contributed by atoms with Crippen molar-refractivity contribution in [3.8, 4) is 17.1 Å². The molecule has 2 aromatic rings. The van der Waals surface area contributed by atoms with Gasteiger partial charge in [-0.25, -0.2) is 0 Å². The number of hydrogen-bond donors (Lipinski definition) is 0. The summed E-state index contributed by atoms with van der Waals surface area (Å²) < 4.78 is 10.7. The molecule has 0 spiro atoms. The number of amides is 1. The SMILES string of the molecule is COc1cccc(-c2cc(C(=O)N3C[C@]4(C)C[C@H]3CC(C)(C)C4)no2)c1. The fraction of sp³-hybridized carbons (Fsp3) is 0.524. The van der Waals surface area contributed by atoms with Crippen LogP contribution in [0.3, 0.4) is 0 Å². The summed E-state index contributed by atoms with van der Waals surface area (Å²) in [6.45, 7) is 7.73. The summed E-state index contributed by atoms with van der Waals surface area (Å²) >= 11 is 0. The number of carbonyl (C=O) groups excluding carboxylic acids is 1. The van der Waals surface area contributed by atoms with Crippen molar-refractivity contribution >= 4 is 5.91 Å². The molecule has 1 saturated heterocycles. The lowest BCUT2D eigenvalue weighted by Gasteiger charge is -2.39. The maximum atomic E-state index is 13.1. The van der Waals surface area contributed by atoms with Crippen LogP contribution in [0.25, 0.3) is 11.3 Å². The molecule has 2 bridgehead atoms. The summed E-state index contributed by atoms with van der Waals surface area (Å²) in [7, 11) is 1.63. The topological polar surface area (TPSA) is 55.6 Å². The second-order valence-electron chi connectivity index (χ2n) is 8.96. The highest BCUT2D eigenvalue weighted by Gasteiger charge is 2.51. The molecule has 2 atom stereocenters. The molecule has 1 aromatic heterocycles. The summed E-state index contributed by atoms with van der Waals surface area (Å²) in [5.74, 6) is 1.31. The number of methoxy groups -OCH3 is 1. The van der Waals surface area contributed by atoms with Crippen LogP contribution in [0.5, 0.6) is 5.75 Å². The second kappa shape index (κ2) is 5.86. The van der Waals surface area contributed by atoms with Crippen molar-refractivity contribution in [3.05, 3.63) is 36.0 Å². The third-order valence-electron chi connectivity index (χ3n) is 5.76. The van der Waals surface area contributed by atoms with Gasteiger partial charge in [0.25, 0.3) is 5.91 Å². The van der Waals surface area contributed by atoms with Crippen molar-refractivity contribution in [1.29, 1.82) is 0 Å². The van der Waals surface area contributed by atoms with Crippen LogP contribution in [-0.4, -0.2) is 35.7 Å². The second-order valence-corrected chi connectivity index (χ2v) is 8.96. The summed E-state index contributed by atoms with van der Waals surface area (Å²) in [6.07, 6.45) is 3.30. The Bertz CT molecular complexity index is 841. The molecule has 2 heterocycles. The summed E-state index contributed by atoms with van der Waals surface area (Å²) in [5.41, 5.74) is 1.73. The van der Waals surface area contributed by atoms with Crippen molar-refractivity contribution in [2.75, 3.05) is 13.7 Å². The number of aromatic nitrogens is 1. The number of rotatable bonds is 3. The number of likely N-dealkylation sites (tertiary alicyclic amines) is 1. The van der Waals surface area contributed by atoms with Crippen molar-refractivity contribution in [3.63, 3.8) is 0 Å². The van der Waals surface area contributed by atoms with Gasteiger partial charge < -0.3 is 14.2 Å². The minimum absolute atomic E-state index is 0.0191. The Morgan fingerprint density at radius 1 is 1.27 bits per heavy atom. The van der Waals surface area contributed by atoms with Crippen LogP contribution >= 0.6 is 0 Å². The minimum Gasteiger partial charge on any atom is -0.497 e. The molecule has 2 aliphatic rings. The molecule has 1 aliphatic carbocycles. The van der Waals surface area contributed by atoms with E-state index in [0.717, 1.165) is 37.1 Å². The average molecular weight is 354 g/mol. The Balaban J connectivity index is 1.57. The van der Waals surface area contributed by atoms with Crippen LogP contribution in [0, 0.1) is 10.8 Å². The van der Waals surface area contributed by atoms with Crippen molar-refractivity contribution < 1.29 is 14.1 Å². The highest BCUT2D eigenvalue weighted by atomic mass is 16.5. The van der Waals surface area contributed by atoms with Gasteiger partial charge in [0.2, 0.25) is 0 Å². The largest absolute Gasteiger partial charge is 0.497 e. The fourth-order valence-electron chi connectivity index (χ4n) is 5.13.